The first-order valence-corrected chi connectivity index (χ1v) is 6.27. The summed E-state index contributed by atoms with van der Waals surface area (Å²) in [4.78, 5) is 18.1. The molecule has 18 heavy (non-hydrogen) atoms. The SMILES string of the molecule is CCC(CC)Nc1ncnc(SC#N)c1[N+](=O)[O-]. The molecule has 0 atom stereocenters. The fourth-order valence-electron chi connectivity index (χ4n) is 1.44. The van der Waals surface area contributed by atoms with Crippen LogP contribution >= 0.6 is 11.8 Å². The van der Waals surface area contributed by atoms with E-state index in [0.717, 1.165) is 12.8 Å². The third-order valence-electron chi connectivity index (χ3n) is 2.44. The van der Waals surface area contributed by atoms with Gasteiger partial charge in [0.1, 0.15) is 11.7 Å². The van der Waals surface area contributed by atoms with Crippen molar-refractivity contribution in [3.63, 3.8) is 0 Å². The summed E-state index contributed by atoms with van der Waals surface area (Å²) in [6, 6.07) is 0.110. The molecule has 8 heteroatoms. The van der Waals surface area contributed by atoms with Gasteiger partial charge in [0.15, 0.2) is 5.03 Å². The molecule has 1 aromatic rings. The molecule has 0 saturated heterocycles. The molecule has 0 saturated carbocycles. The van der Waals surface area contributed by atoms with Crippen LogP contribution in [0, 0.1) is 20.8 Å². The second-order valence-electron chi connectivity index (χ2n) is 3.48. The smallest absolute Gasteiger partial charge is 0.344 e. The summed E-state index contributed by atoms with van der Waals surface area (Å²) in [5.41, 5.74) is -0.240. The normalized spacial score (nSPS) is 10.1. The Morgan fingerprint density at radius 2 is 2.22 bits per heavy atom. The van der Waals surface area contributed by atoms with Crippen molar-refractivity contribution >= 4 is 23.3 Å². The number of nitriles is 1. The number of nitro groups is 1. The molecule has 0 aromatic carbocycles. The molecule has 0 aliphatic heterocycles. The predicted octanol–water partition coefficient (Wildman–Crippen LogP) is 2.56. The Kier molecular flexibility index (Phi) is 5.32. The van der Waals surface area contributed by atoms with E-state index in [4.69, 9.17) is 5.26 Å². The molecule has 96 valence electrons. The van der Waals surface area contributed by atoms with Crippen LogP contribution < -0.4 is 5.32 Å². The van der Waals surface area contributed by atoms with Crippen LogP contribution in [0.3, 0.4) is 0 Å². The zero-order valence-corrected chi connectivity index (χ0v) is 10.9. The largest absolute Gasteiger partial charge is 0.361 e. The molecule has 1 N–H and O–H groups in total. The lowest BCUT2D eigenvalue weighted by molar-refractivity contribution is -0.387. The zero-order valence-electron chi connectivity index (χ0n) is 10.1. The van der Waals surface area contributed by atoms with E-state index in [1.807, 2.05) is 13.8 Å². The molecular weight excluding hydrogens is 254 g/mol. The van der Waals surface area contributed by atoms with Crippen LogP contribution in [-0.2, 0) is 0 Å². The van der Waals surface area contributed by atoms with E-state index in [1.54, 1.807) is 5.40 Å². The summed E-state index contributed by atoms with van der Waals surface area (Å²) in [6.45, 7) is 3.97. The molecule has 0 aliphatic rings. The predicted molar refractivity (Wildman–Crippen MR) is 68.1 cm³/mol. The van der Waals surface area contributed by atoms with Crippen molar-refractivity contribution in [2.24, 2.45) is 0 Å². The third-order valence-corrected chi connectivity index (χ3v) is 3.02. The quantitative estimate of drug-likeness (QED) is 0.277. The Morgan fingerprint density at radius 1 is 1.56 bits per heavy atom. The van der Waals surface area contributed by atoms with Gasteiger partial charge < -0.3 is 5.32 Å². The van der Waals surface area contributed by atoms with Crippen LogP contribution in [0.5, 0.6) is 0 Å². The van der Waals surface area contributed by atoms with Gasteiger partial charge in [-0.3, -0.25) is 10.1 Å². The van der Waals surface area contributed by atoms with Crippen LogP contribution in [0.15, 0.2) is 11.4 Å². The second kappa shape index (κ2) is 6.76. The summed E-state index contributed by atoms with van der Waals surface area (Å²) >= 11 is 0.659. The molecule has 0 fully saturated rings. The topological polar surface area (TPSA) is 105 Å². The van der Waals surface area contributed by atoms with Crippen molar-refractivity contribution in [2.45, 2.75) is 37.8 Å². The Labute approximate surface area is 109 Å². The van der Waals surface area contributed by atoms with Gasteiger partial charge in [0.2, 0.25) is 5.82 Å². The van der Waals surface area contributed by atoms with E-state index < -0.39 is 4.92 Å². The zero-order chi connectivity index (χ0) is 13.5. The molecule has 0 amide bonds. The molecule has 0 aliphatic carbocycles. The Balaban J connectivity index is 3.14. The highest BCUT2D eigenvalue weighted by atomic mass is 32.2. The number of hydrogen-bond acceptors (Lipinski definition) is 7. The number of thioether (sulfide) groups is 1. The van der Waals surface area contributed by atoms with E-state index in [1.165, 1.54) is 6.33 Å². The fraction of sp³-hybridized carbons (Fsp3) is 0.500. The van der Waals surface area contributed by atoms with Crippen molar-refractivity contribution in [1.29, 1.82) is 5.26 Å². The van der Waals surface area contributed by atoms with Crippen LogP contribution in [0.4, 0.5) is 11.5 Å². The molecule has 0 unspecified atom stereocenters. The van der Waals surface area contributed by atoms with E-state index in [9.17, 15) is 10.1 Å². The van der Waals surface area contributed by atoms with Crippen molar-refractivity contribution in [1.82, 2.24) is 9.97 Å². The van der Waals surface area contributed by atoms with Crippen LogP contribution in [0.25, 0.3) is 0 Å². The summed E-state index contributed by atoms with van der Waals surface area (Å²) in [6.07, 6.45) is 2.88. The first kappa shape index (κ1) is 14.2. The molecule has 7 nitrogen and oxygen atoms in total. The van der Waals surface area contributed by atoms with Gasteiger partial charge in [-0.2, -0.15) is 5.26 Å². The van der Waals surface area contributed by atoms with E-state index in [2.05, 4.69) is 15.3 Å². The maximum Gasteiger partial charge on any atom is 0.344 e. The van der Waals surface area contributed by atoms with Crippen molar-refractivity contribution in [2.75, 3.05) is 5.32 Å². The number of anilines is 1. The first-order chi connectivity index (χ1) is 8.63. The summed E-state index contributed by atoms with van der Waals surface area (Å²) in [5.74, 6) is 0.168. The van der Waals surface area contributed by atoms with Gasteiger partial charge in [-0.25, -0.2) is 9.97 Å². The molecule has 0 spiro atoms. The molecule has 1 heterocycles. The number of rotatable bonds is 6. The van der Waals surface area contributed by atoms with E-state index in [-0.39, 0.29) is 22.6 Å². The van der Waals surface area contributed by atoms with E-state index in [0.29, 0.717) is 11.8 Å². The Morgan fingerprint density at radius 3 is 2.72 bits per heavy atom. The minimum absolute atomic E-state index is 0.0611. The Hall–Kier alpha value is -1.88. The number of nitrogens with one attached hydrogen (secondary N) is 1. The molecule has 1 aromatic heterocycles. The lowest BCUT2D eigenvalue weighted by atomic mass is 10.2. The standard InChI is InChI=1S/C10H13N5O2S/c1-3-7(4-2)14-9-8(15(16)17)10(18-5-11)13-6-12-9/h6-7H,3-4H2,1-2H3,(H,12,13,14). The first-order valence-electron chi connectivity index (χ1n) is 5.45. The highest BCUT2D eigenvalue weighted by molar-refractivity contribution is 8.03. The average Bonchev–Trinajstić information content (AvgIpc) is 2.36. The van der Waals surface area contributed by atoms with Crippen molar-refractivity contribution < 1.29 is 4.92 Å². The van der Waals surface area contributed by atoms with Crippen LogP contribution in [0.1, 0.15) is 26.7 Å². The van der Waals surface area contributed by atoms with Gasteiger partial charge in [0, 0.05) is 17.8 Å². The van der Waals surface area contributed by atoms with E-state index >= 15 is 0 Å². The summed E-state index contributed by atoms with van der Waals surface area (Å²) in [7, 11) is 0. The lowest BCUT2D eigenvalue weighted by Gasteiger charge is -2.15. The minimum atomic E-state index is -0.565. The molecule has 0 bridgehead atoms. The molecular formula is C10H13N5O2S. The Bertz CT molecular complexity index is 470. The lowest BCUT2D eigenvalue weighted by Crippen LogP contribution is -2.19. The van der Waals surface area contributed by atoms with Gasteiger partial charge in [-0.15, -0.1) is 0 Å². The fourth-order valence-corrected chi connectivity index (χ4v) is 1.89. The number of aromatic nitrogens is 2. The third kappa shape index (κ3) is 3.30. The van der Waals surface area contributed by atoms with Gasteiger partial charge in [0.25, 0.3) is 0 Å². The van der Waals surface area contributed by atoms with Gasteiger partial charge in [-0.1, -0.05) is 13.8 Å². The maximum absolute atomic E-state index is 11.0. The average molecular weight is 267 g/mol. The highest BCUT2D eigenvalue weighted by Gasteiger charge is 2.24. The monoisotopic (exact) mass is 267 g/mol. The minimum Gasteiger partial charge on any atom is -0.361 e. The second-order valence-corrected chi connectivity index (χ2v) is 4.26. The molecule has 1 rings (SSSR count). The van der Waals surface area contributed by atoms with Crippen LogP contribution in [0.2, 0.25) is 0 Å². The number of hydrogen-bond donors (Lipinski definition) is 1. The van der Waals surface area contributed by atoms with Crippen molar-refractivity contribution in [3.8, 4) is 5.40 Å². The maximum atomic E-state index is 11.0. The van der Waals surface area contributed by atoms with Crippen molar-refractivity contribution in [3.05, 3.63) is 16.4 Å². The summed E-state index contributed by atoms with van der Waals surface area (Å²) < 4.78 is 0. The number of thiocyanates is 1. The van der Waals surface area contributed by atoms with Crippen LogP contribution in [-0.4, -0.2) is 20.9 Å². The highest BCUT2D eigenvalue weighted by Crippen LogP contribution is 2.32. The van der Waals surface area contributed by atoms with Gasteiger partial charge in [-0.05, 0) is 12.8 Å². The molecule has 0 radical (unpaired) electrons. The van der Waals surface area contributed by atoms with Gasteiger partial charge >= 0.3 is 5.69 Å². The van der Waals surface area contributed by atoms with Gasteiger partial charge in [0.05, 0.1) is 4.92 Å². The number of nitrogens with zero attached hydrogens (tertiary/aromatic N) is 4. The summed E-state index contributed by atoms with van der Waals surface area (Å²) in [5, 5.41) is 24.5.